The summed E-state index contributed by atoms with van der Waals surface area (Å²) < 4.78 is 71.0. The monoisotopic (exact) mass is 443 g/mol. The van der Waals surface area contributed by atoms with E-state index in [1.54, 1.807) is 18.2 Å². The minimum absolute atomic E-state index is 0.0726. The van der Waals surface area contributed by atoms with Gasteiger partial charge in [0, 0.05) is 7.05 Å². The highest BCUT2D eigenvalue weighted by Crippen LogP contribution is 2.40. The fourth-order valence-corrected chi connectivity index (χ4v) is 3.23. The molecular weight excluding hydrogens is 425 g/mol. The van der Waals surface area contributed by atoms with Crippen molar-refractivity contribution in [3.8, 4) is 5.75 Å². The number of amides is 1. The van der Waals surface area contributed by atoms with Gasteiger partial charge < -0.3 is 15.2 Å². The van der Waals surface area contributed by atoms with Crippen molar-refractivity contribution in [2.24, 2.45) is 10.7 Å². The molecule has 0 spiro atoms. The van der Waals surface area contributed by atoms with E-state index in [4.69, 9.17) is 10.5 Å². The zero-order chi connectivity index (χ0) is 22.8. The number of hydrogen-bond acceptors (Lipinski definition) is 5. The molecule has 0 aromatic heterocycles. The minimum atomic E-state index is -4.47. The van der Waals surface area contributed by atoms with Crippen molar-refractivity contribution in [3.05, 3.63) is 65.2 Å². The number of carbonyl (C=O) groups excluding carboxylic acids is 1. The lowest BCUT2D eigenvalue weighted by Crippen LogP contribution is -2.41. The molecule has 2 aromatic carbocycles. The second kappa shape index (κ2) is 8.50. The smallest absolute Gasteiger partial charge is 0.411 e. The van der Waals surface area contributed by atoms with E-state index in [1.807, 2.05) is 0 Å². The predicted molar refractivity (Wildman–Crippen MR) is 100 cm³/mol. The molecule has 2 aromatic rings. The van der Waals surface area contributed by atoms with Crippen molar-refractivity contribution in [2.45, 2.75) is 24.9 Å². The largest absolute Gasteiger partial charge is 0.435 e. The SMILES string of the molecule is CN1C(=O)C(c2ccc(OC(F)F)cc2)(c2cccc(COCC(F)(F)F)c2)N=C1N. The molecule has 0 bridgehead atoms. The van der Waals surface area contributed by atoms with Crippen molar-refractivity contribution in [1.82, 2.24) is 4.90 Å². The predicted octanol–water partition coefficient (Wildman–Crippen LogP) is 3.40. The van der Waals surface area contributed by atoms with E-state index in [0.717, 1.165) is 4.90 Å². The third-order valence-electron chi connectivity index (χ3n) is 4.62. The highest BCUT2D eigenvalue weighted by Gasteiger charge is 2.49. The molecule has 0 radical (unpaired) electrons. The van der Waals surface area contributed by atoms with Crippen LogP contribution in [0.1, 0.15) is 16.7 Å². The highest BCUT2D eigenvalue weighted by atomic mass is 19.4. The van der Waals surface area contributed by atoms with E-state index >= 15 is 0 Å². The van der Waals surface area contributed by atoms with E-state index in [2.05, 4.69) is 9.73 Å². The first-order valence-corrected chi connectivity index (χ1v) is 8.95. The Balaban J connectivity index is 2.00. The molecule has 1 amide bonds. The Morgan fingerprint density at radius 3 is 2.35 bits per heavy atom. The van der Waals surface area contributed by atoms with E-state index < -0.39 is 30.8 Å². The van der Waals surface area contributed by atoms with Crippen LogP contribution in [0.25, 0.3) is 0 Å². The summed E-state index contributed by atoms with van der Waals surface area (Å²) in [6, 6.07) is 11.5. The number of halogens is 5. The maximum absolute atomic E-state index is 13.2. The van der Waals surface area contributed by atoms with Gasteiger partial charge in [0.05, 0.1) is 6.61 Å². The zero-order valence-corrected chi connectivity index (χ0v) is 16.2. The quantitative estimate of drug-likeness (QED) is 0.666. The van der Waals surface area contributed by atoms with Crippen LogP contribution in [0, 0.1) is 0 Å². The molecule has 0 fully saturated rings. The van der Waals surface area contributed by atoms with Crippen LogP contribution in [0.3, 0.4) is 0 Å². The molecule has 0 aliphatic carbocycles. The van der Waals surface area contributed by atoms with Crippen molar-refractivity contribution in [2.75, 3.05) is 13.7 Å². The van der Waals surface area contributed by atoms with Gasteiger partial charge in [0.2, 0.25) is 0 Å². The summed E-state index contributed by atoms with van der Waals surface area (Å²) in [7, 11) is 1.42. The number of hydrogen-bond donors (Lipinski definition) is 1. The summed E-state index contributed by atoms with van der Waals surface area (Å²) in [5, 5.41) is 0. The number of ether oxygens (including phenoxy) is 2. The van der Waals surface area contributed by atoms with Crippen LogP contribution in [-0.4, -0.2) is 43.2 Å². The zero-order valence-electron chi connectivity index (χ0n) is 16.2. The molecule has 0 saturated carbocycles. The van der Waals surface area contributed by atoms with E-state index in [1.165, 1.54) is 37.4 Å². The van der Waals surface area contributed by atoms with Crippen LogP contribution < -0.4 is 10.5 Å². The van der Waals surface area contributed by atoms with Gasteiger partial charge in [0.1, 0.15) is 12.4 Å². The molecule has 1 atom stereocenters. The van der Waals surface area contributed by atoms with Gasteiger partial charge in [0.25, 0.3) is 5.91 Å². The van der Waals surface area contributed by atoms with Gasteiger partial charge in [-0.15, -0.1) is 0 Å². The molecule has 6 nitrogen and oxygen atoms in total. The van der Waals surface area contributed by atoms with Crippen molar-refractivity contribution in [3.63, 3.8) is 0 Å². The Labute approximate surface area is 174 Å². The second-order valence-corrected chi connectivity index (χ2v) is 6.76. The van der Waals surface area contributed by atoms with Gasteiger partial charge in [-0.25, -0.2) is 4.99 Å². The molecule has 1 aliphatic heterocycles. The summed E-state index contributed by atoms with van der Waals surface area (Å²) in [4.78, 5) is 18.6. The number of alkyl halides is 5. The number of benzene rings is 2. The van der Waals surface area contributed by atoms with Crippen LogP contribution in [0.4, 0.5) is 22.0 Å². The first-order chi connectivity index (χ1) is 14.5. The Bertz CT molecular complexity index is 979. The van der Waals surface area contributed by atoms with Gasteiger partial charge in [-0.2, -0.15) is 22.0 Å². The molecule has 11 heteroatoms. The normalized spacial score (nSPS) is 19.1. The molecule has 31 heavy (non-hydrogen) atoms. The minimum Gasteiger partial charge on any atom is -0.435 e. The summed E-state index contributed by atoms with van der Waals surface area (Å²) in [6.45, 7) is -4.77. The third kappa shape index (κ3) is 4.76. The summed E-state index contributed by atoms with van der Waals surface area (Å²) in [5.41, 5.74) is 5.26. The van der Waals surface area contributed by atoms with Gasteiger partial charge in [0.15, 0.2) is 11.5 Å². The van der Waals surface area contributed by atoms with Gasteiger partial charge in [-0.1, -0.05) is 36.4 Å². The second-order valence-electron chi connectivity index (χ2n) is 6.76. The van der Waals surface area contributed by atoms with Gasteiger partial charge >= 0.3 is 12.8 Å². The summed E-state index contributed by atoms with van der Waals surface area (Å²) >= 11 is 0. The molecule has 1 aliphatic rings. The lowest BCUT2D eigenvalue weighted by atomic mass is 9.82. The van der Waals surface area contributed by atoms with Crippen molar-refractivity contribution in [1.29, 1.82) is 0 Å². The fourth-order valence-electron chi connectivity index (χ4n) is 3.23. The summed E-state index contributed by atoms with van der Waals surface area (Å²) in [6.07, 6.45) is -4.47. The van der Waals surface area contributed by atoms with Crippen LogP contribution in [0.5, 0.6) is 5.75 Å². The average Bonchev–Trinajstić information content (AvgIpc) is 2.92. The molecule has 166 valence electrons. The number of carbonyl (C=O) groups is 1. The lowest BCUT2D eigenvalue weighted by molar-refractivity contribution is -0.176. The Hall–Kier alpha value is -3.21. The molecular formula is C20H18F5N3O3. The van der Waals surface area contributed by atoms with Gasteiger partial charge in [-0.3, -0.25) is 9.69 Å². The number of nitrogens with two attached hydrogens (primary N) is 1. The third-order valence-corrected chi connectivity index (χ3v) is 4.62. The van der Waals surface area contributed by atoms with Crippen LogP contribution >= 0.6 is 0 Å². The number of rotatable bonds is 7. The molecule has 1 unspecified atom stereocenters. The summed E-state index contributed by atoms with van der Waals surface area (Å²) in [5.74, 6) is -0.698. The van der Waals surface area contributed by atoms with Gasteiger partial charge in [-0.05, 0) is 28.8 Å². The Morgan fingerprint density at radius 1 is 1.13 bits per heavy atom. The Morgan fingerprint density at radius 2 is 1.81 bits per heavy atom. The molecule has 1 heterocycles. The topological polar surface area (TPSA) is 77.2 Å². The average molecular weight is 443 g/mol. The number of guanidine groups is 1. The molecule has 2 N–H and O–H groups in total. The first-order valence-electron chi connectivity index (χ1n) is 8.95. The molecule has 0 saturated heterocycles. The first kappa shape index (κ1) is 22.5. The van der Waals surface area contributed by atoms with Crippen molar-refractivity contribution >= 4 is 11.9 Å². The standard InChI is InChI=1S/C20H18F5N3O3/c1-28-16(29)20(27-18(28)26,13-5-7-15(8-6-13)31-17(21)22)14-4-2-3-12(9-14)10-30-11-19(23,24)25/h2-9,17H,10-11H2,1H3,(H2,26,27). The van der Waals surface area contributed by atoms with Crippen LogP contribution in [-0.2, 0) is 21.7 Å². The van der Waals surface area contributed by atoms with Crippen LogP contribution in [0.2, 0.25) is 0 Å². The number of aliphatic imine (C=N–C) groups is 1. The number of nitrogens with zero attached hydrogens (tertiary/aromatic N) is 2. The maximum Gasteiger partial charge on any atom is 0.411 e. The van der Waals surface area contributed by atoms with Crippen LogP contribution in [0.15, 0.2) is 53.5 Å². The molecule has 3 rings (SSSR count). The maximum atomic E-state index is 13.2. The van der Waals surface area contributed by atoms with Crippen molar-refractivity contribution < 1.29 is 36.2 Å². The fraction of sp³-hybridized carbons (Fsp3) is 0.300. The van der Waals surface area contributed by atoms with E-state index in [-0.39, 0.29) is 18.3 Å². The highest BCUT2D eigenvalue weighted by molar-refractivity contribution is 6.08. The lowest BCUT2D eigenvalue weighted by Gasteiger charge is -2.26. The number of likely N-dealkylation sites (N-methyl/N-ethyl adjacent to an activating group) is 1. The van der Waals surface area contributed by atoms with E-state index in [0.29, 0.717) is 16.7 Å². The van der Waals surface area contributed by atoms with E-state index in [9.17, 15) is 26.7 Å². The Kier molecular flexibility index (Phi) is 6.16.